The molecule has 5 heteroatoms. The van der Waals surface area contributed by atoms with E-state index >= 15 is 0 Å². The molecule has 0 saturated carbocycles. The van der Waals surface area contributed by atoms with Crippen LogP contribution in [0.25, 0.3) is 0 Å². The second-order valence-corrected chi connectivity index (χ2v) is 7.97. The lowest BCUT2D eigenvalue weighted by Gasteiger charge is -2.34. The van der Waals surface area contributed by atoms with Crippen LogP contribution in [0.1, 0.15) is 11.1 Å². The molecule has 1 aliphatic rings. The highest BCUT2D eigenvalue weighted by Gasteiger charge is 2.18. The minimum Gasteiger partial charge on any atom is -0.508 e. The van der Waals surface area contributed by atoms with Gasteiger partial charge in [-0.15, -0.1) is 11.8 Å². The van der Waals surface area contributed by atoms with Gasteiger partial charge < -0.3 is 5.11 Å². The lowest BCUT2D eigenvalue weighted by atomic mass is 10.1. The first kappa shape index (κ1) is 17.8. The quantitative estimate of drug-likeness (QED) is 0.752. The van der Waals surface area contributed by atoms with Gasteiger partial charge in [0.1, 0.15) is 5.75 Å². The minimum absolute atomic E-state index is 0.384. The van der Waals surface area contributed by atoms with Crippen LogP contribution >= 0.6 is 27.7 Å². The summed E-state index contributed by atoms with van der Waals surface area (Å²) < 4.78 is 1.02. The van der Waals surface area contributed by atoms with Crippen molar-refractivity contribution in [3.63, 3.8) is 0 Å². The maximum Gasteiger partial charge on any atom is 0.120 e. The van der Waals surface area contributed by atoms with Gasteiger partial charge in [0.05, 0.1) is 0 Å². The fourth-order valence-corrected chi connectivity index (χ4v) is 3.83. The van der Waals surface area contributed by atoms with Crippen LogP contribution in [-0.4, -0.2) is 47.3 Å². The number of halogens is 1. The summed E-state index contributed by atoms with van der Waals surface area (Å²) in [5.74, 6) is 0.384. The first-order valence-electron chi connectivity index (χ1n) is 8.19. The smallest absolute Gasteiger partial charge is 0.120 e. The van der Waals surface area contributed by atoms with Gasteiger partial charge >= 0.3 is 0 Å². The van der Waals surface area contributed by atoms with Gasteiger partial charge in [0.25, 0.3) is 0 Å². The van der Waals surface area contributed by atoms with E-state index in [1.165, 1.54) is 10.5 Å². The van der Waals surface area contributed by atoms with E-state index in [4.69, 9.17) is 0 Å². The molecule has 2 aromatic rings. The Kier molecular flexibility index (Phi) is 6.22. The maximum absolute atomic E-state index is 10.00. The van der Waals surface area contributed by atoms with Crippen LogP contribution in [0.15, 0.2) is 51.8 Å². The van der Waals surface area contributed by atoms with Gasteiger partial charge in [-0.2, -0.15) is 0 Å². The number of nitrogens with zero attached hydrogens (tertiary/aromatic N) is 2. The molecule has 24 heavy (non-hydrogen) atoms. The van der Waals surface area contributed by atoms with E-state index in [-0.39, 0.29) is 0 Å². The Balaban J connectivity index is 1.51. The molecule has 3 nitrogen and oxygen atoms in total. The molecule has 1 saturated heterocycles. The largest absolute Gasteiger partial charge is 0.508 e. The molecule has 1 fully saturated rings. The fraction of sp³-hybridized carbons (Fsp3) is 0.368. The van der Waals surface area contributed by atoms with E-state index in [9.17, 15) is 5.11 Å². The molecule has 0 aromatic heterocycles. The standard InChI is InChI=1S/C19H23BrN2OS/c1-24-18-5-2-15(3-6-18)13-21-8-10-22(11-9-21)14-16-12-17(20)4-7-19(16)23/h2-7,12,23H,8-11,13-14H2,1H3. The van der Waals surface area contributed by atoms with Crippen molar-refractivity contribution < 1.29 is 5.11 Å². The Morgan fingerprint density at radius 1 is 0.958 bits per heavy atom. The molecule has 0 aliphatic carbocycles. The van der Waals surface area contributed by atoms with Gasteiger partial charge in [0.2, 0.25) is 0 Å². The van der Waals surface area contributed by atoms with E-state index in [0.717, 1.165) is 49.3 Å². The third kappa shape index (κ3) is 4.76. The average Bonchev–Trinajstić information content (AvgIpc) is 2.60. The highest BCUT2D eigenvalue weighted by molar-refractivity contribution is 9.10. The molecule has 0 radical (unpaired) electrons. The van der Waals surface area contributed by atoms with Crippen molar-refractivity contribution in [2.75, 3.05) is 32.4 Å². The lowest BCUT2D eigenvalue weighted by Crippen LogP contribution is -2.45. The Morgan fingerprint density at radius 2 is 1.58 bits per heavy atom. The van der Waals surface area contributed by atoms with Crippen LogP contribution in [0.5, 0.6) is 5.75 Å². The van der Waals surface area contributed by atoms with Gasteiger partial charge in [0.15, 0.2) is 0 Å². The zero-order valence-electron chi connectivity index (χ0n) is 13.9. The molecule has 0 bridgehead atoms. The Labute approximate surface area is 156 Å². The number of thioether (sulfide) groups is 1. The second-order valence-electron chi connectivity index (χ2n) is 6.17. The summed E-state index contributed by atoms with van der Waals surface area (Å²) in [6.45, 7) is 6.04. The number of benzene rings is 2. The summed E-state index contributed by atoms with van der Waals surface area (Å²) in [6.07, 6.45) is 2.11. The maximum atomic E-state index is 10.00. The summed E-state index contributed by atoms with van der Waals surface area (Å²) in [7, 11) is 0. The van der Waals surface area contributed by atoms with Crippen LogP contribution in [-0.2, 0) is 13.1 Å². The van der Waals surface area contributed by atoms with Crippen molar-refractivity contribution >= 4 is 27.7 Å². The Bertz CT molecular complexity index is 670. The van der Waals surface area contributed by atoms with Crippen molar-refractivity contribution in [2.45, 2.75) is 18.0 Å². The SMILES string of the molecule is CSc1ccc(CN2CCN(Cc3cc(Br)ccc3O)CC2)cc1. The Hall–Kier alpha value is -1.01. The first-order valence-corrected chi connectivity index (χ1v) is 10.2. The third-order valence-electron chi connectivity index (χ3n) is 4.47. The van der Waals surface area contributed by atoms with Crippen LogP contribution in [0.3, 0.4) is 0 Å². The molecule has 2 aromatic carbocycles. The zero-order chi connectivity index (χ0) is 16.9. The van der Waals surface area contributed by atoms with Crippen molar-refractivity contribution in [3.05, 3.63) is 58.1 Å². The number of rotatable bonds is 5. The lowest BCUT2D eigenvalue weighted by molar-refractivity contribution is 0.121. The summed E-state index contributed by atoms with van der Waals surface area (Å²) in [5.41, 5.74) is 2.37. The second kappa shape index (κ2) is 8.39. The number of piperazine rings is 1. The van der Waals surface area contributed by atoms with Crippen molar-refractivity contribution in [2.24, 2.45) is 0 Å². The normalized spacial score (nSPS) is 16.4. The molecule has 3 rings (SSSR count). The molecule has 0 unspecified atom stereocenters. The number of aromatic hydroxyl groups is 1. The summed E-state index contributed by atoms with van der Waals surface area (Å²) in [5, 5.41) is 10.00. The Morgan fingerprint density at radius 3 is 2.21 bits per heavy atom. The van der Waals surface area contributed by atoms with Gasteiger partial charge in [0, 0.05) is 54.2 Å². The number of phenolic OH excluding ortho intramolecular Hbond substituents is 1. The van der Waals surface area contributed by atoms with Gasteiger partial charge in [-0.3, -0.25) is 9.80 Å². The first-order chi connectivity index (χ1) is 11.6. The minimum atomic E-state index is 0.384. The number of phenols is 1. The van der Waals surface area contributed by atoms with E-state index < -0.39 is 0 Å². The fourth-order valence-electron chi connectivity index (χ4n) is 3.02. The number of hydrogen-bond acceptors (Lipinski definition) is 4. The molecule has 1 heterocycles. The van der Waals surface area contributed by atoms with E-state index in [1.807, 2.05) is 12.1 Å². The zero-order valence-corrected chi connectivity index (χ0v) is 16.3. The van der Waals surface area contributed by atoms with Gasteiger partial charge in [-0.1, -0.05) is 28.1 Å². The van der Waals surface area contributed by atoms with E-state index in [1.54, 1.807) is 17.8 Å². The highest BCUT2D eigenvalue weighted by atomic mass is 79.9. The third-order valence-corrected chi connectivity index (χ3v) is 5.70. The van der Waals surface area contributed by atoms with Gasteiger partial charge in [-0.05, 0) is 42.2 Å². The molecule has 0 atom stereocenters. The van der Waals surface area contributed by atoms with E-state index in [0.29, 0.717) is 5.75 Å². The topological polar surface area (TPSA) is 26.7 Å². The molecular weight excluding hydrogens is 384 g/mol. The summed E-state index contributed by atoms with van der Waals surface area (Å²) in [4.78, 5) is 6.23. The van der Waals surface area contributed by atoms with Crippen molar-refractivity contribution in [1.82, 2.24) is 9.80 Å². The monoisotopic (exact) mass is 406 g/mol. The summed E-state index contributed by atoms with van der Waals surface area (Å²) >= 11 is 5.26. The van der Waals surface area contributed by atoms with Crippen LogP contribution in [0.2, 0.25) is 0 Å². The van der Waals surface area contributed by atoms with Gasteiger partial charge in [-0.25, -0.2) is 0 Å². The van der Waals surface area contributed by atoms with Crippen LogP contribution in [0.4, 0.5) is 0 Å². The van der Waals surface area contributed by atoms with Crippen LogP contribution < -0.4 is 0 Å². The highest BCUT2D eigenvalue weighted by Crippen LogP contribution is 2.24. The molecule has 1 aliphatic heterocycles. The predicted octanol–water partition coefficient (Wildman–Crippen LogP) is 4.19. The van der Waals surface area contributed by atoms with Crippen molar-refractivity contribution in [3.8, 4) is 5.75 Å². The molecule has 0 amide bonds. The summed E-state index contributed by atoms with van der Waals surface area (Å²) in [6, 6.07) is 14.5. The van der Waals surface area contributed by atoms with E-state index in [2.05, 4.69) is 56.3 Å². The molecule has 1 N–H and O–H groups in total. The predicted molar refractivity (Wildman–Crippen MR) is 105 cm³/mol. The molecule has 128 valence electrons. The number of hydrogen-bond donors (Lipinski definition) is 1. The molecular formula is C19H23BrN2OS. The van der Waals surface area contributed by atoms with Crippen LogP contribution in [0, 0.1) is 0 Å². The molecule has 0 spiro atoms. The van der Waals surface area contributed by atoms with Crippen molar-refractivity contribution in [1.29, 1.82) is 0 Å². The average molecular weight is 407 g/mol.